The number of nitrogens with one attached hydrogen (secondary N) is 2. The van der Waals surface area contributed by atoms with Crippen molar-refractivity contribution in [3.63, 3.8) is 0 Å². The molecule has 28 heavy (non-hydrogen) atoms. The van der Waals surface area contributed by atoms with Crippen molar-refractivity contribution in [3.05, 3.63) is 64.2 Å². The zero-order valence-corrected chi connectivity index (χ0v) is 16.4. The predicted octanol–water partition coefficient (Wildman–Crippen LogP) is 5.39. The van der Waals surface area contributed by atoms with E-state index in [-0.39, 0.29) is 16.4 Å². The summed E-state index contributed by atoms with van der Waals surface area (Å²) in [6.45, 7) is 0. The zero-order chi connectivity index (χ0) is 19.8. The van der Waals surface area contributed by atoms with Crippen LogP contribution in [0.2, 0.25) is 5.02 Å². The Morgan fingerprint density at radius 1 is 1.18 bits per heavy atom. The summed E-state index contributed by atoms with van der Waals surface area (Å²) >= 11 is 8.20. The van der Waals surface area contributed by atoms with E-state index in [4.69, 9.17) is 11.6 Å². The molecule has 0 bridgehead atoms. The highest BCUT2D eigenvalue weighted by Crippen LogP contribution is 2.40. The molecule has 1 aromatic heterocycles. The number of carboxylic acid groups (broad SMARTS) is 1. The van der Waals surface area contributed by atoms with Crippen LogP contribution in [0.25, 0.3) is 11.1 Å². The van der Waals surface area contributed by atoms with Crippen LogP contribution in [-0.2, 0) is 4.79 Å². The lowest BCUT2D eigenvalue weighted by molar-refractivity contribution is -0.115. The first kappa shape index (κ1) is 18.8. The Morgan fingerprint density at radius 3 is 2.64 bits per heavy atom. The molecule has 1 unspecified atom stereocenters. The molecule has 1 aliphatic rings. The van der Waals surface area contributed by atoms with E-state index in [1.165, 1.54) is 23.9 Å². The Balaban J connectivity index is 1.58. The molecule has 1 atom stereocenters. The van der Waals surface area contributed by atoms with Gasteiger partial charge in [-0.15, -0.1) is 11.3 Å². The van der Waals surface area contributed by atoms with E-state index in [2.05, 4.69) is 10.6 Å². The van der Waals surface area contributed by atoms with Crippen molar-refractivity contribution in [2.45, 2.75) is 10.3 Å². The third kappa shape index (κ3) is 3.58. The van der Waals surface area contributed by atoms with Crippen LogP contribution < -0.4 is 10.6 Å². The van der Waals surface area contributed by atoms with E-state index >= 15 is 0 Å². The molecule has 0 fully saturated rings. The fourth-order valence-corrected chi connectivity index (χ4v) is 4.94. The fourth-order valence-electron chi connectivity index (χ4n) is 2.81. The highest BCUT2D eigenvalue weighted by molar-refractivity contribution is 8.01. The lowest BCUT2D eigenvalue weighted by atomic mass is 10.0. The number of aromatic carboxylic acids is 1. The Kier molecular flexibility index (Phi) is 5.01. The van der Waals surface area contributed by atoms with E-state index in [1.807, 2.05) is 0 Å². The number of benzene rings is 2. The lowest BCUT2D eigenvalue weighted by Crippen LogP contribution is -2.29. The number of hydrogen-bond donors (Lipinski definition) is 3. The van der Waals surface area contributed by atoms with Crippen LogP contribution in [-0.4, -0.2) is 22.4 Å². The molecule has 5 nitrogen and oxygen atoms in total. The maximum Gasteiger partial charge on any atom is 0.339 e. The minimum atomic E-state index is -1.14. The van der Waals surface area contributed by atoms with Crippen LogP contribution in [0.15, 0.2) is 52.7 Å². The summed E-state index contributed by atoms with van der Waals surface area (Å²) in [4.78, 5) is 25.1. The third-order valence-corrected chi connectivity index (χ3v) is 6.42. The molecule has 0 radical (unpaired) electrons. The number of thioether (sulfide) groups is 1. The van der Waals surface area contributed by atoms with Gasteiger partial charge in [-0.1, -0.05) is 35.5 Å². The third-order valence-electron chi connectivity index (χ3n) is 4.11. The van der Waals surface area contributed by atoms with Gasteiger partial charge in [-0.05, 0) is 35.9 Å². The second kappa shape index (κ2) is 7.46. The minimum Gasteiger partial charge on any atom is -0.478 e. The molecular formula is C19H12ClFN2O3S2. The average molecular weight is 435 g/mol. The van der Waals surface area contributed by atoms with E-state index in [9.17, 15) is 19.1 Å². The van der Waals surface area contributed by atoms with Crippen molar-refractivity contribution in [2.24, 2.45) is 0 Å². The summed E-state index contributed by atoms with van der Waals surface area (Å²) in [7, 11) is 0. The van der Waals surface area contributed by atoms with E-state index in [0.717, 1.165) is 11.3 Å². The number of fused-ring (bicyclic) bond motifs is 1. The van der Waals surface area contributed by atoms with Crippen molar-refractivity contribution in [2.75, 3.05) is 10.6 Å². The number of rotatable bonds is 4. The molecule has 142 valence electrons. The van der Waals surface area contributed by atoms with E-state index in [1.54, 1.807) is 35.7 Å². The van der Waals surface area contributed by atoms with Gasteiger partial charge in [0.2, 0.25) is 0 Å². The second-order valence-electron chi connectivity index (χ2n) is 5.94. The zero-order valence-electron chi connectivity index (χ0n) is 14.0. The van der Waals surface area contributed by atoms with Gasteiger partial charge < -0.3 is 15.7 Å². The normalized spacial score (nSPS) is 15.0. The SMILES string of the molecule is O=C(O)c1c(-c2ccc(Cl)cc2)csc1NC(=O)C1Nc2ccc(F)cc2S1. The molecule has 2 aromatic carbocycles. The summed E-state index contributed by atoms with van der Waals surface area (Å²) in [5, 5.41) is 17.1. The smallest absolute Gasteiger partial charge is 0.339 e. The predicted molar refractivity (Wildman–Crippen MR) is 110 cm³/mol. The van der Waals surface area contributed by atoms with Gasteiger partial charge in [0.05, 0.1) is 0 Å². The number of carbonyl (C=O) groups is 2. The van der Waals surface area contributed by atoms with E-state index < -0.39 is 17.3 Å². The van der Waals surface area contributed by atoms with Gasteiger partial charge in [0, 0.05) is 26.5 Å². The molecule has 0 spiro atoms. The highest BCUT2D eigenvalue weighted by atomic mass is 35.5. The average Bonchev–Trinajstić information content (AvgIpc) is 3.26. The van der Waals surface area contributed by atoms with Crippen LogP contribution in [0.3, 0.4) is 0 Å². The summed E-state index contributed by atoms with van der Waals surface area (Å²) in [5.74, 6) is -1.93. The molecular weight excluding hydrogens is 423 g/mol. The first-order valence-electron chi connectivity index (χ1n) is 8.06. The molecule has 3 N–H and O–H groups in total. The number of carbonyl (C=O) groups excluding carboxylic acids is 1. The van der Waals surface area contributed by atoms with Crippen LogP contribution in [0.4, 0.5) is 15.1 Å². The summed E-state index contributed by atoms with van der Waals surface area (Å²) in [6.07, 6.45) is 0. The number of carboxylic acids is 1. The maximum atomic E-state index is 13.4. The highest BCUT2D eigenvalue weighted by Gasteiger charge is 2.30. The summed E-state index contributed by atoms with van der Waals surface area (Å²) < 4.78 is 13.4. The van der Waals surface area contributed by atoms with E-state index in [0.29, 0.717) is 26.7 Å². The Morgan fingerprint density at radius 2 is 1.93 bits per heavy atom. The quantitative estimate of drug-likeness (QED) is 0.513. The summed E-state index contributed by atoms with van der Waals surface area (Å²) in [5.41, 5.74) is 1.88. The number of anilines is 2. The number of hydrogen-bond acceptors (Lipinski definition) is 5. The monoisotopic (exact) mass is 434 g/mol. The number of amides is 1. The largest absolute Gasteiger partial charge is 0.478 e. The summed E-state index contributed by atoms with van der Waals surface area (Å²) in [6, 6.07) is 11.0. The maximum absolute atomic E-state index is 13.4. The number of thiophene rings is 1. The van der Waals surface area contributed by atoms with Crippen LogP contribution >= 0.6 is 34.7 Å². The molecule has 1 amide bonds. The Hall–Kier alpha value is -2.55. The molecule has 0 saturated heterocycles. The second-order valence-corrected chi connectivity index (χ2v) is 8.40. The standard InChI is InChI=1S/C19H12ClFN2O3S2/c20-10-3-1-9(2-4-10)12-8-27-17(15(12)19(25)26)23-16(24)18-22-13-6-5-11(21)7-14(13)28-18/h1-8,18,22H,(H,23,24)(H,25,26). The minimum absolute atomic E-state index is 0.0206. The van der Waals surface area contributed by atoms with Crippen molar-refractivity contribution in [3.8, 4) is 11.1 Å². The lowest BCUT2D eigenvalue weighted by Gasteiger charge is -2.11. The van der Waals surface area contributed by atoms with Crippen molar-refractivity contribution in [1.29, 1.82) is 0 Å². The van der Waals surface area contributed by atoms with Crippen molar-refractivity contribution >= 4 is 57.3 Å². The van der Waals surface area contributed by atoms with Crippen LogP contribution in [0, 0.1) is 5.82 Å². The van der Waals surface area contributed by atoms with Gasteiger partial charge in [-0.25, -0.2) is 9.18 Å². The number of halogens is 2. The first-order chi connectivity index (χ1) is 13.4. The van der Waals surface area contributed by atoms with Gasteiger partial charge >= 0.3 is 5.97 Å². The molecule has 3 aromatic rings. The van der Waals surface area contributed by atoms with Crippen molar-refractivity contribution < 1.29 is 19.1 Å². The molecule has 0 aliphatic carbocycles. The van der Waals surface area contributed by atoms with Gasteiger partial charge in [0.25, 0.3) is 5.91 Å². The van der Waals surface area contributed by atoms with Gasteiger partial charge in [-0.3, -0.25) is 4.79 Å². The Labute approximate surface area is 172 Å². The van der Waals surface area contributed by atoms with Gasteiger partial charge in [0.1, 0.15) is 16.4 Å². The van der Waals surface area contributed by atoms with Crippen LogP contribution in [0.1, 0.15) is 10.4 Å². The van der Waals surface area contributed by atoms with Gasteiger partial charge in [-0.2, -0.15) is 0 Å². The van der Waals surface area contributed by atoms with Crippen molar-refractivity contribution in [1.82, 2.24) is 0 Å². The molecule has 2 heterocycles. The van der Waals surface area contributed by atoms with Gasteiger partial charge in [0.15, 0.2) is 5.37 Å². The topological polar surface area (TPSA) is 78.4 Å². The molecule has 0 saturated carbocycles. The first-order valence-corrected chi connectivity index (χ1v) is 10.2. The van der Waals surface area contributed by atoms with Crippen LogP contribution in [0.5, 0.6) is 0 Å². The molecule has 1 aliphatic heterocycles. The molecule has 9 heteroatoms. The molecule has 4 rings (SSSR count). The fraction of sp³-hybridized carbons (Fsp3) is 0.0526. The Bertz CT molecular complexity index is 1090.